The Kier molecular flexibility index (Phi) is 4.48. The van der Waals surface area contributed by atoms with E-state index in [0.29, 0.717) is 29.5 Å². The van der Waals surface area contributed by atoms with Crippen molar-refractivity contribution in [1.29, 1.82) is 5.26 Å². The molecule has 0 spiro atoms. The zero-order valence-corrected chi connectivity index (χ0v) is 16.2. The van der Waals surface area contributed by atoms with Crippen LogP contribution >= 0.6 is 0 Å². The van der Waals surface area contributed by atoms with Gasteiger partial charge in [-0.15, -0.1) is 5.10 Å². The van der Waals surface area contributed by atoms with Gasteiger partial charge in [-0.05, 0) is 43.5 Å². The molecule has 4 aromatic rings. The van der Waals surface area contributed by atoms with Gasteiger partial charge < -0.3 is 10.6 Å². The van der Waals surface area contributed by atoms with Gasteiger partial charge in [-0.3, -0.25) is 4.79 Å². The van der Waals surface area contributed by atoms with Crippen LogP contribution in [0.4, 0.5) is 5.95 Å². The summed E-state index contributed by atoms with van der Waals surface area (Å²) in [6.45, 7) is 0.695. The second-order valence-electron chi connectivity index (χ2n) is 7.30. The highest BCUT2D eigenvalue weighted by atomic mass is 16.2. The van der Waals surface area contributed by atoms with Gasteiger partial charge in [0, 0.05) is 17.5 Å². The average molecular weight is 397 g/mol. The fraction of sp³-hybridized carbons (Fsp3) is 0.227. The number of rotatable bonds is 3. The number of carbonyl (C=O) groups is 1. The molecule has 8 heteroatoms. The highest BCUT2D eigenvalue weighted by Gasteiger charge is 2.23. The molecule has 0 radical (unpaired) electrons. The van der Waals surface area contributed by atoms with Crippen molar-refractivity contribution in [3.8, 4) is 17.5 Å². The Bertz CT molecular complexity index is 1300. The monoisotopic (exact) mass is 397 g/mol. The molecule has 1 aliphatic heterocycles. The first-order chi connectivity index (χ1) is 14.7. The van der Waals surface area contributed by atoms with Crippen LogP contribution in [0, 0.1) is 11.3 Å². The minimum Gasteiger partial charge on any atom is -0.354 e. The van der Waals surface area contributed by atoms with E-state index in [2.05, 4.69) is 21.8 Å². The topological polar surface area (TPSA) is 108 Å². The summed E-state index contributed by atoms with van der Waals surface area (Å²) in [6.07, 6.45) is 2.65. The third-order valence-electron chi connectivity index (χ3n) is 5.27. The van der Waals surface area contributed by atoms with E-state index in [1.165, 1.54) is 0 Å². The molecule has 148 valence electrons. The molecule has 2 aromatic heterocycles. The SMILES string of the molecule is N#Cc1cccc(-c2nc3c4ccccc4nc(N[C@@H]4CCCCNC4=O)n3n2)c1. The molecule has 0 saturated carbocycles. The molecule has 1 atom stereocenters. The standard InChI is InChI=1S/C22H19N7O/c23-13-14-6-5-7-15(12-14)19-27-20-16-8-1-2-9-17(16)25-22(29(20)28-19)26-18-10-3-4-11-24-21(18)30/h1-2,5-9,12,18H,3-4,10-11H2,(H,24,30)(H,25,26)/t18-/m1/s1. The van der Waals surface area contributed by atoms with Gasteiger partial charge in [0.1, 0.15) is 6.04 Å². The van der Waals surface area contributed by atoms with E-state index >= 15 is 0 Å². The van der Waals surface area contributed by atoms with Crippen LogP contribution in [-0.2, 0) is 4.79 Å². The van der Waals surface area contributed by atoms with Crippen LogP contribution in [0.15, 0.2) is 48.5 Å². The summed E-state index contributed by atoms with van der Waals surface area (Å²) in [7, 11) is 0. The molecule has 1 saturated heterocycles. The molecular formula is C22H19N7O. The number of amides is 1. The molecule has 1 aliphatic rings. The van der Waals surface area contributed by atoms with Gasteiger partial charge in [0.2, 0.25) is 11.9 Å². The number of hydrogen-bond acceptors (Lipinski definition) is 6. The van der Waals surface area contributed by atoms with Gasteiger partial charge >= 0.3 is 0 Å². The number of fused-ring (bicyclic) bond motifs is 3. The van der Waals surface area contributed by atoms with E-state index in [1.54, 1.807) is 16.6 Å². The fourth-order valence-electron chi connectivity index (χ4n) is 3.73. The van der Waals surface area contributed by atoms with Crippen molar-refractivity contribution in [3.05, 3.63) is 54.1 Å². The zero-order valence-electron chi connectivity index (χ0n) is 16.2. The molecule has 30 heavy (non-hydrogen) atoms. The lowest BCUT2D eigenvalue weighted by Crippen LogP contribution is -2.38. The number of nitriles is 1. The maximum atomic E-state index is 12.4. The van der Waals surface area contributed by atoms with E-state index in [-0.39, 0.29) is 11.9 Å². The Morgan fingerprint density at radius 2 is 2.03 bits per heavy atom. The largest absolute Gasteiger partial charge is 0.354 e. The van der Waals surface area contributed by atoms with Crippen molar-refractivity contribution in [2.45, 2.75) is 25.3 Å². The number of benzene rings is 2. The lowest BCUT2D eigenvalue weighted by molar-refractivity contribution is -0.121. The predicted molar refractivity (Wildman–Crippen MR) is 113 cm³/mol. The van der Waals surface area contributed by atoms with Gasteiger partial charge in [-0.2, -0.15) is 9.78 Å². The Hall–Kier alpha value is -3.99. The second kappa shape index (κ2) is 7.44. The van der Waals surface area contributed by atoms with E-state index in [9.17, 15) is 10.1 Å². The number of aromatic nitrogens is 4. The van der Waals surface area contributed by atoms with Crippen LogP contribution in [0.3, 0.4) is 0 Å². The number of carbonyl (C=O) groups excluding carboxylic acids is 1. The van der Waals surface area contributed by atoms with Crippen molar-refractivity contribution in [3.63, 3.8) is 0 Å². The van der Waals surface area contributed by atoms with Gasteiger partial charge in [0.25, 0.3) is 0 Å². The average Bonchev–Trinajstić information content (AvgIpc) is 3.14. The van der Waals surface area contributed by atoms with Crippen molar-refractivity contribution >= 4 is 28.4 Å². The summed E-state index contributed by atoms with van der Waals surface area (Å²) in [4.78, 5) is 21.9. The van der Waals surface area contributed by atoms with Crippen LogP contribution in [-0.4, -0.2) is 38.1 Å². The normalized spacial score (nSPS) is 16.8. The van der Waals surface area contributed by atoms with Crippen LogP contribution in [0.5, 0.6) is 0 Å². The number of hydrogen-bond donors (Lipinski definition) is 2. The van der Waals surface area contributed by atoms with Gasteiger partial charge in [-0.25, -0.2) is 9.97 Å². The molecule has 3 heterocycles. The van der Waals surface area contributed by atoms with Crippen molar-refractivity contribution in [2.75, 3.05) is 11.9 Å². The maximum absolute atomic E-state index is 12.4. The molecule has 0 bridgehead atoms. The highest BCUT2D eigenvalue weighted by molar-refractivity contribution is 5.93. The fourth-order valence-corrected chi connectivity index (χ4v) is 3.73. The molecule has 2 N–H and O–H groups in total. The van der Waals surface area contributed by atoms with Crippen LogP contribution < -0.4 is 10.6 Å². The lowest BCUT2D eigenvalue weighted by atomic mass is 10.1. The van der Waals surface area contributed by atoms with E-state index in [0.717, 1.165) is 35.7 Å². The molecular weight excluding hydrogens is 378 g/mol. The Morgan fingerprint density at radius 3 is 2.93 bits per heavy atom. The molecule has 8 nitrogen and oxygen atoms in total. The number of nitrogens with one attached hydrogen (secondary N) is 2. The summed E-state index contributed by atoms with van der Waals surface area (Å²) in [6, 6.07) is 16.7. The summed E-state index contributed by atoms with van der Waals surface area (Å²) < 4.78 is 1.65. The zero-order chi connectivity index (χ0) is 20.5. The molecule has 1 fully saturated rings. The van der Waals surface area contributed by atoms with Crippen molar-refractivity contribution in [2.24, 2.45) is 0 Å². The number of nitrogens with zero attached hydrogens (tertiary/aromatic N) is 5. The summed E-state index contributed by atoms with van der Waals surface area (Å²) in [5.74, 6) is 0.942. The van der Waals surface area contributed by atoms with Crippen LogP contribution in [0.2, 0.25) is 0 Å². The van der Waals surface area contributed by atoms with Gasteiger partial charge in [0.15, 0.2) is 11.5 Å². The Morgan fingerprint density at radius 1 is 1.13 bits per heavy atom. The van der Waals surface area contributed by atoms with Crippen LogP contribution in [0.25, 0.3) is 27.9 Å². The van der Waals surface area contributed by atoms with Crippen LogP contribution in [0.1, 0.15) is 24.8 Å². The molecule has 0 aliphatic carbocycles. The summed E-state index contributed by atoms with van der Waals surface area (Å²) >= 11 is 0. The number of anilines is 1. The minimum atomic E-state index is -0.376. The second-order valence-corrected chi connectivity index (χ2v) is 7.30. The summed E-state index contributed by atoms with van der Waals surface area (Å²) in [5.41, 5.74) is 2.71. The van der Waals surface area contributed by atoms with Crippen molar-refractivity contribution < 1.29 is 4.79 Å². The smallest absolute Gasteiger partial charge is 0.242 e. The molecule has 5 rings (SSSR count). The first-order valence-electron chi connectivity index (χ1n) is 9.93. The predicted octanol–water partition coefficient (Wildman–Crippen LogP) is 2.90. The van der Waals surface area contributed by atoms with Gasteiger partial charge in [0.05, 0.1) is 17.1 Å². The van der Waals surface area contributed by atoms with E-state index in [1.807, 2.05) is 36.4 Å². The maximum Gasteiger partial charge on any atom is 0.242 e. The molecule has 1 amide bonds. The first-order valence-corrected chi connectivity index (χ1v) is 9.93. The van der Waals surface area contributed by atoms with Crippen molar-refractivity contribution in [1.82, 2.24) is 24.9 Å². The third-order valence-corrected chi connectivity index (χ3v) is 5.27. The molecule has 2 aromatic carbocycles. The quantitative estimate of drug-likeness (QED) is 0.550. The minimum absolute atomic E-state index is 0.0299. The van der Waals surface area contributed by atoms with E-state index < -0.39 is 0 Å². The lowest BCUT2D eigenvalue weighted by Gasteiger charge is -2.16. The summed E-state index contributed by atoms with van der Waals surface area (Å²) in [5, 5.41) is 21.0. The first kappa shape index (κ1) is 18.1. The number of para-hydroxylation sites is 1. The van der Waals surface area contributed by atoms with E-state index in [4.69, 9.17) is 9.97 Å². The Labute approximate surface area is 172 Å². The Balaban J connectivity index is 1.66. The molecule has 0 unspecified atom stereocenters. The third kappa shape index (κ3) is 3.20. The van der Waals surface area contributed by atoms with Gasteiger partial charge in [-0.1, -0.05) is 24.3 Å². The highest BCUT2D eigenvalue weighted by Crippen LogP contribution is 2.25.